The molecule has 5 nitrogen and oxygen atoms in total. The SMILES string of the molecule is CC(Cc1nc(C2(CS(C)(=O)=O)CCC2)no1)c1ccccc1. The number of benzene rings is 1. The second kappa shape index (κ2) is 6.07. The van der Waals surface area contributed by atoms with Crippen molar-refractivity contribution in [1.29, 1.82) is 0 Å². The number of hydrogen-bond donors (Lipinski definition) is 0. The summed E-state index contributed by atoms with van der Waals surface area (Å²) in [6.45, 7) is 2.12. The molecule has 124 valence electrons. The van der Waals surface area contributed by atoms with Crippen molar-refractivity contribution in [2.75, 3.05) is 12.0 Å². The van der Waals surface area contributed by atoms with E-state index in [0.29, 0.717) is 18.1 Å². The first-order valence-corrected chi connectivity index (χ1v) is 10.00. The van der Waals surface area contributed by atoms with Gasteiger partial charge in [0.05, 0.1) is 5.75 Å². The molecule has 2 aromatic rings. The second-order valence-corrected chi connectivity index (χ2v) is 8.87. The number of sulfone groups is 1. The third-order valence-corrected chi connectivity index (χ3v) is 5.72. The molecule has 0 bridgehead atoms. The minimum Gasteiger partial charge on any atom is -0.339 e. The highest BCUT2D eigenvalue weighted by Crippen LogP contribution is 2.43. The quantitative estimate of drug-likeness (QED) is 0.812. The van der Waals surface area contributed by atoms with Crippen molar-refractivity contribution in [2.24, 2.45) is 0 Å². The van der Waals surface area contributed by atoms with Crippen LogP contribution in [0, 0.1) is 0 Å². The monoisotopic (exact) mass is 334 g/mol. The lowest BCUT2D eigenvalue weighted by atomic mass is 9.70. The fraction of sp³-hybridized carbons (Fsp3) is 0.529. The van der Waals surface area contributed by atoms with E-state index < -0.39 is 15.3 Å². The Morgan fingerprint density at radius 1 is 1.26 bits per heavy atom. The maximum atomic E-state index is 11.7. The molecule has 3 rings (SSSR count). The molecule has 1 aromatic carbocycles. The van der Waals surface area contributed by atoms with E-state index >= 15 is 0 Å². The zero-order valence-electron chi connectivity index (χ0n) is 13.5. The Balaban J connectivity index is 1.75. The number of aromatic nitrogens is 2. The van der Waals surface area contributed by atoms with Crippen LogP contribution in [-0.4, -0.2) is 30.6 Å². The van der Waals surface area contributed by atoms with Crippen molar-refractivity contribution in [3.05, 3.63) is 47.6 Å². The predicted octanol–water partition coefficient (Wildman–Crippen LogP) is 2.88. The molecular formula is C17H22N2O3S. The molecule has 0 saturated heterocycles. The molecule has 0 aliphatic heterocycles. The van der Waals surface area contributed by atoms with Gasteiger partial charge in [0, 0.05) is 18.1 Å². The van der Waals surface area contributed by atoms with Crippen LogP contribution < -0.4 is 0 Å². The highest BCUT2D eigenvalue weighted by molar-refractivity contribution is 7.90. The van der Waals surface area contributed by atoms with Crippen LogP contribution in [0.1, 0.15) is 49.4 Å². The van der Waals surface area contributed by atoms with Crippen LogP contribution in [0.5, 0.6) is 0 Å². The standard InChI is InChI=1S/C17H22N2O3S/c1-13(14-7-4-3-5-8-14)11-15-18-16(19-22-15)17(9-6-10-17)12-23(2,20)21/h3-5,7-8,13H,6,9-12H2,1-2H3. The van der Waals surface area contributed by atoms with Gasteiger partial charge in [-0.05, 0) is 24.3 Å². The molecule has 0 spiro atoms. The zero-order valence-corrected chi connectivity index (χ0v) is 14.3. The van der Waals surface area contributed by atoms with Gasteiger partial charge in [-0.3, -0.25) is 0 Å². The van der Waals surface area contributed by atoms with Gasteiger partial charge in [-0.1, -0.05) is 48.8 Å². The molecule has 1 fully saturated rings. The molecule has 1 aliphatic carbocycles. The van der Waals surface area contributed by atoms with Crippen molar-refractivity contribution >= 4 is 9.84 Å². The lowest BCUT2D eigenvalue weighted by molar-refractivity contribution is 0.248. The molecule has 6 heteroatoms. The van der Waals surface area contributed by atoms with Gasteiger partial charge in [0.2, 0.25) is 5.89 Å². The van der Waals surface area contributed by atoms with Crippen LogP contribution in [0.25, 0.3) is 0 Å². The maximum absolute atomic E-state index is 11.7. The van der Waals surface area contributed by atoms with Crippen molar-refractivity contribution in [2.45, 2.75) is 43.9 Å². The van der Waals surface area contributed by atoms with Gasteiger partial charge in [-0.15, -0.1) is 0 Å². The fourth-order valence-corrected chi connectivity index (χ4v) is 4.67. The van der Waals surface area contributed by atoms with E-state index in [1.54, 1.807) is 0 Å². The summed E-state index contributed by atoms with van der Waals surface area (Å²) < 4.78 is 28.8. The summed E-state index contributed by atoms with van der Waals surface area (Å²) >= 11 is 0. The molecule has 0 radical (unpaired) electrons. The molecular weight excluding hydrogens is 312 g/mol. The number of hydrogen-bond acceptors (Lipinski definition) is 5. The van der Waals surface area contributed by atoms with E-state index in [9.17, 15) is 8.42 Å². The molecule has 23 heavy (non-hydrogen) atoms. The summed E-state index contributed by atoms with van der Waals surface area (Å²) in [6.07, 6.45) is 4.57. The Labute approximate surface area is 137 Å². The first-order chi connectivity index (χ1) is 10.9. The molecule has 1 atom stereocenters. The van der Waals surface area contributed by atoms with E-state index in [4.69, 9.17) is 4.52 Å². The number of nitrogens with zero attached hydrogens (tertiary/aromatic N) is 2. The van der Waals surface area contributed by atoms with E-state index in [-0.39, 0.29) is 11.7 Å². The highest BCUT2D eigenvalue weighted by Gasteiger charge is 2.45. The molecule has 1 aliphatic rings. The Morgan fingerprint density at radius 2 is 1.96 bits per heavy atom. The van der Waals surface area contributed by atoms with Crippen LogP contribution in [0.2, 0.25) is 0 Å². The van der Waals surface area contributed by atoms with Gasteiger partial charge >= 0.3 is 0 Å². The summed E-state index contributed by atoms with van der Waals surface area (Å²) in [6, 6.07) is 10.2. The Hall–Kier alpha value is -1.69. The van der Waals surface area contributed by atoms with Gasteiger partial charge < -0.3 is 4.52 Å². The van der Waals surface area contributed by atoms with E-state index in [1.807, 2.05) is 18.2 Å². The topological polar surface area (TPSA) is 73.1 Å². The van der Waals surface area contributed by atoms with Crippen molar-refractivity contribution in [3.63, 3.8) is 0 Å². The fourth-order valence-electron chi connectivity index (χ4n) is 3.25. The minimum absolute atomic E-state index is 0.104. The summed E-state index contributed by atoms with van der Waals surface area (Å²) in [4.78, 5) is 4.51. The van der Waals surface area contributed by atoms with E-state index in [0.717, 1.165) is 19.3 Å². The van der Waals surface area contributed by atoms with Crippen molar-refractivity contribution in [1.82, 2.24) is 10.1 Å². The Morgan fingerprint density at radius 3 is 2.52 bits per heavy atom. The first kappa shape index (κ1) is 16.2. The second-order valence-electron chi connectivity index (χ2n) is 6.73. The van der Waals surface area contributed by atoms with Crippen LogP contribution >= 0.6 is 0 Å². The summed E-state index contributed by atoms with van der Waals surface area (Å²) in [7, 11) is -3.07. The average molecular weight is 334 g/mol. The van der Waals surface area contributed by atoms with Crippen molar-refractivity contribution in [3.8, 4) is 0 Å². The molecule has 1 unspecified atom stereocenters. The van der Waals surface area contributed by atoms with Gasteiger partial charge in [0.15, 0.2) is 5.82 Å². The molecule has 0 amide bonds. The summed E-state index contributed by atoms with van der Waals surface area (Å²) in [5.41, 5.74) is 0.785. The molecule has 1 aromatic heterocycles. The van der Waals surface area contributed by atoms with Gasteiger partial charge in [-0.25, -0.2) is 8.42 Å². The average Bonchev–Trinajstić information content (AvgIpc) is 2.91. The van der Waals surface area contributed by atoms with Gasteiger partial charge in [0.1, 0.15) is 9.84 Å². The third-order valence-electron chi connectivity index (χ3n) is 4.64. The smallest absolute Gasteiger partial charge is 0.227 e. The normalized spacial score (nSPS) is 18.3. The third kappa shape index (κ3) is 3.63. The van der Waals surface area contributed by atoms with Crippen molar-refractivity contribution < 1.29 is 12.9 Å². The number of rotatable bonds is 6. The van der Waals surface area contributed by atoms with Crippen LogP contribution in [0.4, 0.5) is 0 Å². The largest absolute Gasteiger partial charge is 0.339 e. The van der Waals surface area contributed by atoms with Crippen LogP contribution in [0.15, 0.2) is 34.9 Å². The highest BCUT2D eigenvalue weighted by atomic mass is 32.2. The summed E-state index contributed by atoms with van der Waals surface area (Å²) in [5.74, 6) is 1.52. The maximum Gasteiger partial charge on any atom is 0.227 e. The lowest BCUT2D eigenvalue weighted by Crippen LogP contribution is -2.41. The first-order valence-electron chi connectivity index (χ1n) is 7.94. The van der Waals surface area contributed by atoms with E-state index in [1.165, 1.54) is 11.8 Å². The molecule has 1 heterocycles. The Bertz CT molecular complexity index is 764. The lowest BCUT2D eigenvalue weighted by Gasteiger charge is -2.38. The molecule has 1 saturated carbocycles. The Kier molecular flexibility index (Phi) is 4.27. The zero-order chi connectivity index (χ0) is 16.5. The molecule has 0 N–H and O–H groups in total. The predicted molar refractivity (Wildman–Crippen MR) is 88.1 cm³/mol. The van der Waals surface area contributed by atoms with Gasteiger partial charge in [0.25, 0.3) is 0 Å². The summed E-state index contributed by atoms with van der Waals surface area (Å²) in [5, 5.41) is 4.09. The van der Waals surface area contributed by atoms with Crippen LogP contribution in [0.3, 0.4) is 0 Å². The van der Waals surface area contributed by atoms with Gasteiger partial charge in [-0.2, -0.15) is 4.98 Å². The minimum atomic E-state index is -3.07. The van der Waals surface area contributed by atoms with E-state index in [2.05, 4.69) is 29.2 Å². The van der Waals surface area contributed by atoms with Crippen LogP contribution in [-0.2, 0) is 21.7 Å².